The van der Waals surface area contributed by atoms with Gasteiger partial charge in [-0.3, -0.25) is 4.79 Å². The van der Waals surface area contributed by atoms with Gasteiger partial charge < -0.3 is 14.3 Å². The van der Waals surface area contributed by atoms with Crippen LogP contribution in [-0.4, -0.2) is 27.8 Å². The molecule has 5 nitrogen and oxygen atoms in total. The monoisotopic (exact) mass is 383 g/mol. The molecular weight excluding hydrogens is 370 g/mol. The first-order chi connectivity index (χ1) is 11.6. The number of pyridine rings is 1. The molecular formula is C18H14BrN3O2. The van der Waals surface area contributed by atoms with Crippen molar-refractivity contribution in [2.75, 3.05) is 7.05 Å². The van der Waals surface area contributed by atoms with Crippen molar-refractivity contribution >= 4 is 43.8 Å². The molecule has 1 aromatic carbocycles. The highest BCUT2D eigenvalue weighted by Crippen LogP contribution is 2.23. The van der Waals surface area contributed by atoms with E-state index in [0.29, 0.717) is 17.8 Å². The third kappa shape index (κ3) is 2.59. The van der Waals surface area contributed by atoms with Crippen molar-refractivity contribution in [3.8, 4) is 0 Å². The SMILES string of the molecule is CN(Cc1cc2ccccc2o1)C(=O)c1c[nH]c2ncc(Br)cc12. The molecule has 0 unspecified atom stereocenters. The Morgan fingerprint density at radius 2 is 2.17 bits per heavy atom. The van der Waals surface area contributed by atoms with Gasteiger partial charge in [-0.1, -0.05) is 18.2 Å². The number of para-hydroxylation sites is 1. The van der Waals surface area contributed by atoms with E-state index in [4.69, 9.17) is 4.42 Å². The quantitative estimate of drug-likeness (QED) is 0.572. The predicted octanol–water partition coefficient (Wildman–Crippen LogP) is 4.34. The van der Waals surface area contributed by atoms with Crippen LogP contribution in [0, 0.1) is 0 Å². The summed E-state index contributed by atoms with van der Waals surface area (Å²) in [5.41, 5.74) is 2.12. The topological polar surface area (TPSA) is 62.1 Å². The zero-order valence-electron chi connectivity index (χ0n) is 12.9. The van der Waals surface area contributed by atoms with Crippen molar-refractivity contribution < 1.29 is 9.21 Å². The van der Waals surface area contributed by atoms with Gasteiger partial charge in [0.2, 0.25) is 0 Å². The number of hydrogen-bond donors (Lipinski definition) is 1. The molecule has 0 aliphatic carbocycles. The number of nitrogens with one attached hydrogen (secondary N) is 1. The number of benzene rings is 1. The number of fused-ring (bicyclic) bond motifs is 2. The number of nitrogens with zero attached hydrogens (tertiary/aromatic N) is 2. The van der Waals surface area contributed by atoms with Crippen molar-refractivity contribution in [3.05, 3.63) is 64.6 Å². The van der Waals surface area contributed by atoms with Crippen LogP contribution < -0.4 is 0 Å². The van der Waals surface area contributed by atoms with Gasteiger partial charge in [0.25, 0.3) is 5.91 Å². The maximum absolute atomic E-state index is 12.8. The van der Waals surface area contributed by atoms with Crippen molar-refractivity contribution in [2.45, 2.75) is 6.54 Å². The van der Waals surface area contributed by atoms with Crippen molar-refractivity contribution in [1.82, 2.24) is 14.9 Å². The van der Waals surface area contributed by atoms with E-state index in [1.54, 1.807) is 24.3 Å². The Bertz CT molecular complexity index is 1020. The molecule has 24 heavy (non-hydrogen) atoms. The number of carbonyl (C=O) groups is 1. The second-order valence-corrected chi connectivity index (χ2v) is 6.58. The molecule has 0 saturated heterocycles. The van der Waals surface area contributed by atoms with E-state index in [2.05, 4.69) is 25.9 Å². The Balaban J connectivity index is 1.62. The van der Waals surface area contributed by atoms with Gasteiger partial charge in [0, 0.05) is 34.7 Å². The molecule has 3 aromatic heterocycles. The highest BCUT2D eigenvalue weighted by molar-refractivity contribution is 9.10. The highest BCUT2D eigenvalue weighted by Gasteiger charge is 2.18. The number of aromatic amines is 1. The van der Waals surface area contributed by atoms with Gasteiger partial charge >= 0.3 is 0 Å². The van der Waals surface area contributed by atoms with E-state index in [9.17, 15) is 4.79 Å². The first kappa shape index (κ1) is 15.0. The predicted molar refractivity (Wildman–Crippen MR) is 95.8 cm³/mol. The summed E-state index contributed by atoms with van der Waals surface area (Å²) in [5, 5.41) is 1.83. The van der Waals surface area contributed by atoms with Gasteiger partial charge in [-0.25, -0.2) is 4.98 Å². The average molecular weight is 384 g/mol. The number of aromatic nitrogens is 2. The molecule has 0 saturated carbocycles. The second kappa shape index (κ2) is 5.79. The molecule has 6 heteroatoms. The van der Waals surface area contributed by atoms with Crippen LogP contribution in [0.4, 0.5) is 0 Å². The average Bonchev–Trinajstić information content (AvgIpc) is 3.16. The Labute approximate surface area is 146 Å². The van der Waals surface area contributed by atoms with Crippen LogP contribution in [0.5, 0.6) is 0 Å². The smallest absolute Gasteiger partial charge is 0.256 e. The minimum absolute atomic E-state index is 0.0818. The van der Waals surface area contributed by atoms with Crippen molar-refractivity contribution in [2.24, 2.45) is 0 Å². The molecule has 0 aliphatic heterocycles. The fourth-order valence-corrected chi connectivity index (χ4v) is 3.11. The van der Waals surface area contributed by atoms with Crippen LogP contribution in [-0.2, 0) is 6.54 Å². The summed E-state index contributed by atoms with van der Waals surface area (Å²) in [6, 6.07) is 11.7. The van der Waals surface area contributed by atoms with E-state index in [1.807, 2.05) is 36.4 Å². The van der Waals surface area contributed by atoms with Crippen LogP contribution in [0.2, 0.25) is 0 Å². The van der Waals surface area contributed by atoms with Crippen LogP contribution >= 0.6 is 15.9 Å². The summed E-state index contributed by atoms with van der Waals surface area (Å²) in [6.45, 7) is 0.404. The van der Waals surface area contributed by atoms with E-state index in [0.717, 1.165) is 26.6 Å². The van der Waals surface area contributed by atoms with E-state index >= 15 is 0 Å². The van der Waals surface area contributed by atoms with E-state index in [-0.39, 0.29) is 5.91 Å². The summed E-state index contributed by atoms with van der Waals surface area (Å²) >= 11 is 3.39. The number of hydrogen-bond acceptors (Lipinski definition) is 3. The molecule has 4 rings (SSSR count). The summed E-state index contributed by atoms with van der Waals surface area (Å²) in [4.78, 5) is 21.7. The van der Waals surface area contributed by atoms with Gasteiger partial charge in [0.15, 0.2) is 0 Å². The Morgan fingerprint density at radius 1 is 1.33 bits per heavy atom. The second-order valence-electron chi connectivity index (χ2n) is 5.66. The van der Waals surface area contributed by atoms with Gasteiger partial charge in [0.1, 0.15) is 17.0 Å². The first-order valence-electron chi connectivity index (χ1n) is 7.47. The molecule has 0 spiro atoms. The lowest BCUT2D eigenvalue weighted by Gasteiger charge is -2.15. The first-order valence-corrected chi connectivity index (χ1v) is 8.26. The standard InChI is InChI=1S/C18H14BrN3O2/c1-22(10-13-6-11-4-2-3-5-16(11)24-13)18(23)15-9-21-17-14(15)7-12(19)8-20-17/h2-9H,10H2,1H3,(H,20,21). The fourth-order valence-electron chi connectivity index (χ4n) is 2.78. The molecule has 0 atom stereocenters. The molecule has 1 N–H and O–H groups in total. The van der Waals surface area contributed by atoms with Crippen molar-refractivity contribution in [3.63, 3.8) is 0 Å². The van der Waals surface area contributed by atoms with Crippen LogP contribution in [0.15, 0.2) is 57.7 Å². The maximum Gasteiger partial charge on any atom is 0.256 e. The van der Waals surface area contributed by atoms with Gasteiger partial charge in [0.05, 0.1) is 12.1 Å². The zero-order valence-corrected chi connectivity index (χ0v) is 14.5. The number of furan rings is 1. The number of rotatable bonds is 3. The molecule has 4 aromatic rings. The van der Waals surface area contributed by atoms with Crippen molar-refractivity contribution in [1.29, 1.82) is 0 Å². The summed E-state index contributed by atoms with van der Waals surface area (Å²) in [6.07, 6.45) is 3.40. The summed E-state index contributed by atoms with van der Waals surface area (Å²) in [5.74, 6) is 0.674. The Hall–Kier alpha value is -2.60. The molecule has 0 bridgehead atoms. The molecule has 0 radical (unpaired) electrons. The third-order valence-electron chi connectivity index (χ3n) is 3.94. The van der Waals surface area contributed by atoms with E-state index in [1.165, 1.54) is 0 Å². The maximum atomic E-state index is 12.8. The summed E-state index contributed by atoms with van der Waals surface area (Å²) in [7, 11) is 1.76. The molecule has 0 aliphatic rings. The minimum Gasteiger partial charge on any atom is -0.459 e. The van der Waals surface area contributed by atoms with Gasteiger partial charge in [-0.2, -0.15) is 0 Å². The van der Waals surface area contributed by atoms with Crippen LogP contribution in [0.1, 0.15) is 16.1 Å². The number of carbonyl (C=O) groups excluding carboxylic acids is 1. The lowest BCUT2D eigenvalue weighted by Crippen LogP contribution is -2.25. The lowest BCUT2D eigenvalue weighted by atomic mass is 10.2. The Kier molecular flexibility index (Phi) is 3.61. The van der Waals surface area contributed by atoms with Gasteiger partial charge in [-0.15, -0.1) is 0 Å². The number of amides is 1. The minimum atomic E-state index is -0.0818. The molecule has 3 heterocycles. The van der Waals surface area contributed by atoms with Crippen LogP contribution in [0.3, 0.4) is 0 Å². The van der Waals surface area contributed by atoms with Crippen LogP contribution in [0.25, 0.3) is 22.0 Å². The summed E-state index contributed by atoms with van der Waals surface area (Å²) < 4.78 is 6.63. The third-order valence-corrected chi connectivity index (χ3v) is 4.38. The number of H-pyrrole nitrogens is 1. The molecule has 120 valence electrons. The normalized spacial score (nSPS) is 11.2. The highest BCUT2D eigenvalue weighted by atomic mass is 79.9. The largest absolute Gasteiger partial charge is 0.459 e. The van der Waals surface area contributed by atoms with Gasteiger partial charge in [-0.05, 0) is 34.1 Å². The molecule has 0 fully saturated rings. The fraction of sp³-hybridized carbons (Fsp3) is 0.111. The zero-order chi connectivity index (χ0) is 16.7. The molecule has 1 amide bonds. The Morgan fingerprint density at radius 3 is 3.00 bits per heavy atom. The lowest BCUT2D eigenvalue weighted by molar-refractivity contribution is 0.0778. The number of halogens is 1. The van der Waals surface area contributed by atoms with E-state index < -0.39 is 0 Å².